The fraction of sp³-hybridized carbons (Fsp3) is 0.0476. The van der Waals surface area contributed by atoms with Gasteiger partial charge in [-0.25, -0.2) is 0 Å². The molecule has 3 aromatic rings. The molecule has 142 valence electrons. The summed E-state index contributed by atoms with van der Waals surface area (Å²) >= 11 is 5.97. The van der Waals surface area contributed by atoms with Crippen LogP contribution in [0.1, 0.15) is 10.4 Å². The summed E-state index contributed by atoms with van der Waals surface area (Å²) in [5.74, 6) is -1.05. The van der Waals surface area contributed by atoms with Gasteiger partial charge in [-0.1, -0.05) is 29.8 Å². The van der Waals surface area contributed by atoms with E-state index < -0.39 is 18.4 Å². The first-order valence-electron chi connectivity index (χ1n) is 8.39. The van der Waals surface area contributed by atoms with Crippen molar-refractivity contribution in [2.24, 2.45) is 5.73 Å². The molecule has 6 nitrogen and oxygen atoms in total. The number of primary amides is 1. The molecule has 0 aliphatic rings. The van der Waals surface area contributed by atoms with Crippen molar-refractivity contribution < 1.29 is 14.7 Å². The lowest BCUT2D eigenvalue weighted by Gasteiger charge is -2.12. The van der Waals surface area contributed by atoms with Crippen LogP contribution in [0.4, 0.5) is 11.4 Å². The number of carbonyl (C=O) groups is 2. The van der Waals surface area contributed by atoms with Gasteiger partial charge in [0.05, 0.1) is 0 Å². The molecular formula is C21H18ClN3O3. The van der Waals surface area contributed by atoms with Crippen molar-refractivity contribution in [3.05, 3.63) is 71.2 Å². The Balaban J connectivity index is 2.04. The van der Waals surface area contributed by atoms with Crippen molar-refractivity contribution in [1.82, 2.24) is 0 Å². The number of nitrogens with two attached hydrogens (primary N) is 2. The number of halogens is 1. The van der Waals surface area contributed by atoms with E-state index in [0.717, 1.165) is 22.3 Å². The number of rotatable bonds is 5. The van der Waals surface area contributed by atoms with Gasteiger partial charge in [-0.05, 0) is 59.2 Å². The van der Waals surface area contributed by atoms with E-state index in [4.69, 9.17) is 28.2 Å². The maximum atomic E-state index is 11.8. The van der Waals surface area contributed by atoms with Crippen molar-refractivity contribution in [3.63, 3.8) is 0 Å². The molecule has 0 saturated carbocycles. The van der Waals surface area contributed by atoms with Gasteiger partial charge < -0.3 is 21.9 Å². The lowest BCUT2D eigenvalue weighted by molar-refractivity contribution is -0.118. The number of hydrogen-bond donors (Lipinski definition) is 4. The summed E-state index contributed by atoms with van der Waals surface area (Å²) in [5, 5.41) is 11.9. The molecule has 0 fully saturated rings. The van der Waals surface area contributed by atoms with Crippen LogP contribution < -0.4 is 16.8 Å². The molecule has 0 aliphatic heterocycles. The van der Waals surface area contributed by atoms with Crippen LogP contribution in [0.25, 0.3) is 22.3 Å². The van der Waals surface area contributed by atoms with Gasteiger partial charge in [-0.3, -0.25) is 9.59 Å². The summed E-state index contributed by atoms with van der Waals surface area (Å²) in [4.78, 5) is 23.1. The van der Waals surface area contributed by atoms with E-state index in [9.17, 15) is 9.59 Å². The Morgan fingerprint density at radius 1 is 0.929 bits per heavy atom. The van der Waals surface area contributed by atoms with Crippen LogP contribution in [0.5, 0.6) is 0 Å². The van der Waals surface area contributed by atoms with E-state index in [0.29, 0.717) is 22.0 Å². The summed E-state index contributed by atoms with van der Waals surface area (Å²) in [6.07, 6.45) is 0. The standard InChI is InChI=1S/C21H18ClN3O3/c22-16-3-6-18(19(23)10-16)14-7-13(8-15(9-14)21(24)28)12-1-4-17(5-2-12)25-20(27)11-26/h1-10,26H,11,23H2,(H2,24,28)(H,25,27). The van der Waals surface area contributed by atoms with Crippen molar-refractivity contribution in [2.45, 2.75) is 0 Å². The predicted octanol–water partition coefficient (Wildman–Crippen LogP) is 3.29. The zero-order valence-electron chi connectivity index (χ0n) is 14.8. The molecule has 0 aliphatic carbocycles. The summed E-state index contributed by atoms with van der Waals surface area (Å²) in [6.45, 7) is -0.589. The van der Waals surface area contributed by atoms with E-state index in [-0.39, 0.29) is 0 Å². The molecule has 0 saturated heterocycles. The summed E-state index contributed by atoms with van der Waals surface area (Å²) in [7, 11) is 0. The van der Waals surface area contributed by atoms with Crippen LogP contribution in [0.3, 0.4) is 0 Å². The Labute approximate surface area is 166 Å². The van der Waals surface area contributed by atoms with Gasteiger partial charge in [0, 0.05) is 27.5 Å². The van der Waals surface area contributed by atoms with E-state index in [2.05, 4.69) is 5.32 Å². The monoisotopic (exact) mass is 395 g/mol. The van der Waals surface area contributed by atoms with Crippen LogP contribution in [0.15, 0.2) is 60.7 Å². The molecule has 3 aromatic carbocycles. The van der Waals surface area contributed by atoms with Crippen molar-refractivity contribution in [3.8, 4) is 22.3 Å². The highest BCUT2D eigenvalue weighted by Crippen LogP contribution is 2.33. The molecule has 0 aromatic heterocycles. The Kier molecular flexibility index (Phi) is 5.63. The van der Waals surface area contributed by atoms with Crippen LogP contribution in [0, 0.1) is 0 Å². The van der Waals surface area contributed by atoms with Gasteiger partial charge in [-0.15, -0.1) is 0 Å². The number of nitrogen functional groups attached to an aromatic ring is 1. The Morgan fingerprint density at radius 3 is 2.21 bits per heavy atom. The molecule has 3 rings (SSSR count). The van der Waals surface area contributed by atoms with Crippen LogP contribution in [0.2, 0.25) is 5.02 Å². The third-order valence-electron chi connectivity index (χ3n) is 4.19. The van der Waals surface area contributed by atoms with Gasteiger partial charge >= 0.3 is 0 Å². The lowest BCUT2D eigenvalue weighted by atomic mass is 9.95. The van der Waals surface area contributed by atoms with Crippen molar-refractivity contribution >= 4 is 34.8 Å². The van der Waals surface area contributed by atoms with Gasteiger partial charge in [0.1, 0.15) is 6.61 Å². The number of benzene rings is 3. The maximum absolute atomic E-state index is 11.8. The number of aliphatic hydroxyl groups excluding tert-OH is 1. The number of carbonyl (C=O) groups excluding carboxylic acids is 2. The highest BCUT2D eigenvalue weighted by Gasteiger charge is 2.11. The van der Waals surface area contributed by atoms with Crippen LogP contribution in [-0.2, 0) is 4.79 Å². The fourth-order valence-corrected chi connectivity index (χ4v) is 3.02. The average Bonchev–Trinajstić information content (AvgIpc) is 2.68. The number of amides is 2. The minimum Gasteiger partial charge on any atom is -0.398 e. The van der Waals surface area contributed by atoms with Crippen molar-refractivity contribution in [2.75, 3.05) is 17.7 Å². The minimum atomic E-state index is -0.589. The molecule has 28 heavy (non-hydrogen) atoms. The van der Waals surface area contributed by atoms with Gasteiger partial charge in [-0.2, -0.15) is 0 Å². The van der Waals surface area contributed by atoms with Gasteiger partial charge in [0.25, 0.3) is 0 Å². The summed E-state index contributed by atoms with van der Waals surface area (Å²) in [5.41, 5.74) is 16.0. The average molecular weight is 396 g/mol. The second-order valence-corrected chi connectivity index (χ2v) is 6.61. The molecule has 7 heteroatoms. The smallest absolute Gasteiger partial charge is 0.250 e. The zero-order chi connectivity index (χ0) is 20.3. The Morgan fingerprint density at radius 2 is 1.61 bits per heavy atom. The lowest BCUT2D eigenvalue weighted by Crippen LogP contribution is -2.15. The molecule has 0 spiro atoms. The molecular weight excluding hydrogens is 378 g/mol. The van der Waals surface area contributed by atoms with Gasteiger partial charge in [0.15, 0.2) is 0 Å². The van der Waals surface area contributed by atoms with Gasteiger partial charge in [0.2, 0.25) is 11.8 Å². The summed E-state index contributed by atoms with van der Waals surface area (Å²) < 4.78 is 0. The van der Waals surface area contributed by atoms with E-state index in [1.54, 1.807) is 54.6 Å². The number of anilines is 2. The molecule has 6 N–H and O–H groups in total. The van der Waals surface area contributed by atoms with E-state index in [1.807, 2.05) is 6.07 Å². The Hall–Kier alpha value is -3.35. The Bertz CT molecular complexity index is 1050. The van der Waals surface area contributed by atoms with Crippen LogP contribution >= 0.6 is 11.6 Å². The highest BCUT2D eigenvalue weighted by atomic mass is 35.5. The third kappa shape index (κ3) is 4.31. The normalized spacial score (nSPS) is 10.5. The van der Waals surface area contributed by atoms with Crippen molar-refractivity contribution in [1.29, 1.82) is 0 Å². The van der Waals surface area contributed by atoms with E-state index in [1.165, 1.54) is 0 Å². The number of hydrogen-bond acceptors (Lipinski definition) is 4. The van der Waals surface area contributed by atoms with Crippen LogP contribution in [-0.4, -0.2) is 23.5 Å². The number of nitrogens with one attached hydrogen (secondary N) is 1. The fourth-order valence-electron chi connectivity index (χ4n) is 2.84. The second kappa shape index (κ2) is 8.12. The second-order valence-electron chi connectivity index (χ2n) is 6.18. The largest absolute Gasteiger partial charge is 0.398 e. The molecule has 0 radical (unpaired) electrons. The zero-order valence-corrected chi connectivity index (χ0v) is 15.5. The molecule has 0 bridgehead atoms. The molecule has 2 amide bonds. The molecule has 0 atom stereocenters. The predicted molar refractivity (Wildman–Crippen MR) is 111 cm³/mol. The maximum Gasteiger partial charge on any atom is 0.250 e. The SMILES string of the molecule is NC(=O)c1cc(-c2ccc(NC(=O)CO)cc2)cc(-c2ccc(Cl)cc2N)c1. The molecule has 0 heterocycles. The minimum absolute atomic E-state index is 0.347. The first-order chi connectivity index (χ1) is 13.4. The topological polar surface area (TPSA) is 118 Å². The first kappa shape index (κ1) is 19.4. The quantitative estimate of drug-likeness (QED) is 0.495. The first-order valence-corrected chi connectivity index (χ1v) is 8.76. The number of aliphatic hydroxyl groups is 1. The molecule has 0 unspecified atom stereocenters. The summed E-state index contributed by atoms with van der Waals surface area (Å²) in [6, 6.07) is 17.4. The highest BCUT2D eigenvalue weighted by molar-refractivity contribution is 6.31. The van der Waals surface area contributed by atoms with E-state index >= 15 is 0 Å². The third-order valence-corrected chi connectivity index (χ3v) is 4.42.